The fraction of sp³-hybridized carbons (Fsp3) is 0.455. The van der Waals surface area contributed by atoms with E-state index in [-0.39, 0.29) is 23.3 Å². The van der Waals surface area contributed by atoms with Crippen molar-refractivity contribution in [3.8, 4) is 0 Å². The van der Waals surface area contributed by atoms with E-state index >= 15 is 0 Å². The van der Waals surface area contributed by atoms with Crippen molar-refractivity contribution < 1.29 is 9.72 Å². The lowest BCUT2D eigenvalue weighted by molar-refractivity contribution is -0.384. The zero-order valence-electron chi connectivity index (χ0n) is 9.80. The Kier molecular flexibility index (Phi) is 3.47. The number of amides is 1. The van der Waals surface area contributed by atoms with Gasteiger partial charge in [-0.25, -0.2) is 4.98 Å². The van der Waals surface area contributed by atoms with Gasteiger partial charge in [0, 0.05) is 31.1 Å². The molecule has 1 aliphatic rings. The van der Waals surface area contributed by atoms with Gasteiger partial charge in [-0.1, -0.05) is 0 Å². The summed E-state index contributed by atoms with van der Waals surface area (Å²) in [5.41, 5.74) is 0.546. The van der Waals surface area contributed by atoms with Crippen LogP contribution in [-0.4, -0.2) is 28.2 Å². The maximum Gasteiger partial charge on any atom is 0.312 e. The molecule has 0 radical (unpaired) electrons. The summed E-state index contributed by atoms with van der Waals surface area (Å²) in [6, 6.07) is 1.42. The molecule has 0 spiro atoms. The van der Waals surface area contributed by atoms with Crippen LogP contribution in [0.4, 0.5) is 11.5 Å². The van der Waals surface area contributed by atoms with Gasteiger partial charge in [0.15, 0.2) is 0 Å². The first-order valence-corrected chi connectivity index (χ1v) is 6.03. The minimum Gasteiger partial charge on any atom is -0.291 e. The molecule has 1 saturated heterocycles. The summed E-state index contributed by atoms with van der Waals surface area (Å²) in [5, 5.41) is 11.0. The number of rotatable bonds is 3. The maximum absolute atomic E-state index is 11.8. The van der Waals surface area contributed by atoms with Gasteiger partial charge in [-0.3, -0.25) is 19.8 Å². The van der Waals surface area contributed by atoms with E-state index in [2.05, 4.69) is 4.98 Å². The first-order valence-electron chi connectivity index (χ1n) is 5.50. The lowest BCUT2D eigenvalue weighted by Gasteiger charge is -2.15. The molecule has 1 fully saturated rings. The molecule has 18 heavy (non-hydrogen) atoms. The average Bonchev–Trinajstić information content (AvgIpc) is 2.70. The molecule has 96 valence electrons. The number of hydrogen-bond donors (Lipinski definition) is 0. The monoisotopic (exact) mass is 269 g/mol. The minimum absolute atomic E-state index is 0.0295. The highest BCUT2D eigenvalue weighted by Crippen LogP contribution is 2.31. The van der Waals surface area contributed by atoms with Crippen molar-refractivity contribution in [1.29, 1.82) is 0 Å². The fourth-order valence-electron chi connectivity index (χ4n) is 1.98. The summed E-state index contributed by atoms with van der Waals surface area (Å²) < 4.78 is 0. The molecule has 1 aliphatic heterocycles. The highest BCUT2D eigenvalue weighted by atomic mass is 35.5. The Morgan fingerprint density at radius 1 is 1.67 bits per heavy atom. The summed E-state index contributed by atoms with van der Waals surface area (Å²) in [5.74, 6) is 0.340. The van der Waals surface area contributed by atoms with E-state index in [9.17, 15) is 14.9 Å². The third-order valence-electron chi connectivity index (χ3n) is 2.86. The summed E-state index contributed by atoms with van der Waals surface area (Å²) in [6.07, 6.45) is 1.83. The Hall–Kier alpha value is -1.69. The standard InChI is InChI=1S/C11H12ClN3O3/c1-7-2-9(15(17)18)11(13-5-7)14-6-8(4-12)3-10(14)16/h2,5,8H,3-4,6H2,1H3. The first-order chi connectivity index (χ1) is 8.52. The number of hydrogen-bond acceptors (Lipinski definition) is 4. The molecular formula is C11H12ClN3O3. The molecule has 1 amide bonds. The Morgan fingerprint density at radius 2 is 2.39 bits per heavy atom. The van der Waals surface area contributed by atoms with Crippen molar-refractivity contribution in [3.63, 3.8) is 0 Å². The molecule has 1 aromatic heterocycles. The van der Waals surface area contributed by atoms with Crippen molar-refractivity contribution in [2.45, 2.75) is 13.3 Å². The van der Waals surface area contributed by atoms with Crippen LogP contribution in [0.25, 0.3) is 0 Å². The van der Waals surface area contributed by atoms with Gasteiger partial charge in [-0.2, -0.15) is 0 Å². The summed E-state index contributed by atoms with van der Waals surface area (Å²) >= 11 is 5.72. The molecule has 2 rings (SSSR count). The number of nitro groups is 1. The second-order valence-electron chi connectivity index (χ2n) is 4.34. The van der Waals surface area contributed by atoms with Gasteiger partial charge >= 0.3 is 5.69 Å². The molecule has 0 bridgehead atoms. The molecule has 0 aliphatic carbocycles. The highest BCUT2D eigenvalue weighted by Gasteiger charge is 2.34. The zero-order valence-corrected chi connectivity index (χ0v) is 10.6. The molecule has 0 aromatic carbocycles. The van der Waals surface area contributed by atoms with Crippen LogP contribution in [0.1, 0.15) is 12.0 Å². The first kappa shape index (κ1) is 12.8. The second-order valence-corrected chi connectivity index (χ2v) is 4.65. The lowest BCUT2D eigenvalue weighted by Crippen LogP contribution is -2.26. The molecule has 1 atom stereocenters. The fourth-order valence-corrected chi connectivity index (χ4v) is 2.19. The quantitative estimate of drug-likeness (QED) is 0.477. The molecule has 0 N–H and O–H groups in total. The zero-order chi connectivity index (χ0) is 13.3. The number of nitrogens with zero attached hydrogens (tertiary/aromatic N) is 3. The number of halogens is 1. The van der Waals surface area contributed by atoms with Gasteiger partial charge in [-0.15, -0.1) is 11.6 Å². The Balaban J connectivity index is 2.39. The predicted octanol–water partition coefficient (Wildman–Crippen LogP) is 1.89. The Bertz CT molecular complexity index is 506. The minimum atomic E-state index is -0.517. The number of pyridine rings is 1. The Labute approximate surface area is 109 Å². The number of carbonyl (C=O) groups excluding carboxylic acids is 1. The van der Waals surface area contributed by atoms with Crippen molar-refractivity contribution >= 4 is 29.0 Å². The third kappa shape index (κ3) is 2.28. The van der Waals surface area contributed by atoms with E-state index in [4.69, 9.17) is 11.6 Å². The smallest absolute Gasteiger partial charge is 0.291 e. The molecule has 6 nitrogen and oxygen atoms in total. The van der Waals surface area contributed by atoms with E-state index < -0.39 is 4.92 Å². The van der Waals surface area contributed by atoms with Gasteiger partial charge in [0.1, 0.15) is 0 Å². The average molecular weight is 270 g/mol. The largest absolute Gasteiger partial charge is 0.312 e. The van der Waals surface area contributed by atoms with E-state index in [1.54, 1.807) is 6.92 Å². The molecule has 0 saturated carbocycles. The van der Waals surface area contributed by atoms with Crippen molar-refractivity contribution in [1.82, 2.24) is 4.98 Å². The van der Waals surface area contributed by atoms with Crippen molar-refractivity contribution in [2.75, 3.05) is 17.3 Å². The van der Waals surface area contributed by atoms with Crippen molar-refractivity contribution in [3.05, 3.63) is 27.9 Å². The molecule has 7 heteroatoms. The summed E-state index contributed by atoms with van der Waals surface area (Å²) in [4.78, 5) is 27.7. The van der Waals surface area contributed by atoms with Crippen LogP contribution in [0.2, 0.25) is 0 Å². The topological polar surface area (TPSA) is 76.3 Å². The Morgan fingerprint density at radius 3 is 2.94 bits per heavy atom. The highest BCUT2D eigenvalue weighted by molar-refractivity contribution is 6.18. The number of aryl methyl sites for hydroxylation is 1. The van der Waals surface area contributed by atoms with Crippen LogP contribution in [-0.2, 0) is 4.79 Å². The summed E-state index contributed by atoms with van der Waals surface area (Å²) in [7, 11) is 0. The van der Waals surface area contributed by atoms with Crippen molar-refractivity contribution in [2.24, 2.45) is 5.92 Å². The lowest BCUT2D eigenvalue weighted by atomic mass is 10.1. The van der Waals surface area contributed by atoms with Crippen LogP contribution >= 0.6 is 11.6 Å². The van der Waals surface area contributed by atoms with Crippen LogP contribution < -0.4 is 4.90 Å². The predicted molar refractivity (Wildman–Crippen MR) is 66.8 cm³/mol. The number of anilines is 1. The van der Waals surface area contributed by atoms with Gasteiger partial charge in [0.2, 0.25) is 11.7 Å². The van der Waals surface area contributed by atoms with E-state index in [0.29, 0.717) is 24.4 Å². The van der Waals surface area contributed by atoms with Crippen LogP contribution in [0.3, 0.4) is 0 Å². The number of carbonyl (C=O) groups is 1. The van der Waals surface area contributed by atoms with E-state index in [0.717, 1.165) is 0 Å². The van der Waals surface area contributed by atoms with Crippen LogP contribution in [0.5, 0.6) is 0 Å². The van der Waals surface area contributed by atoms with Gasteiger partial charge < -0.3 is 0 Å². The van der Waals surface area contributed by atoms with Gasteiger partial charge in [-0.05, 0) is 18.4 Å². The van der Waals surface area contributed by atoms with E-state index in [1.165, 1.54) is 17.2 Å². The SMILES string of the molecule is Cc1cnc(N2CC(CCl)CC2=O)c([N+](=O)[O-])c1. The molecule has 2 heterocycles. The molecular weight excluding hydrogens is 258 g/mol. The van der Waals surface area contributed by atoms with Crippen LogP contribution in [0, 0.1) is 23.0 Å². The maximum atomic E-state index is 11.8. The molecule has 1 unspecified atom stereocenters. The van der Waals surface area contributed by atoms with Gasteiger partial charge in [0.05, 0.1) is 4.92 Å². The normalized spacial score (nSPS) is 19.3. The molecule has 1 aromatic rings. The van der Waals surface area contributed by atoms with E-state index in [1.807, 2.05) is 0 Å². The van der Waals surface area contributed by atoms with Gasteiger partial charge in [0.25, 0.3) is 0 Å². The third-order valence-corrected chi connectivity index (χ3v) is 3.30. The summed E-state index contributed by atoms with van der Waals surface area (Å²) in [6.45, 7) is 2.11. The van der Waals surface area contributed by atoms with Crippen LogP contribution in [0.15, 0.2) is 12.3 Å². The number of aromatic nitrogens is 1. The number of alkyl halides is 1. The second kappa shape index (κ2) is 4.89.